The van der Waals surface area contributed by atoms with E-state index in [2.05, 4.69) is 13.5 Å². The number of sulfonamides is 1. The first kappa shape index (κ1) is 17.2. The minimum atomic E-state index is -3.60. The van der Waals surface area contributed by atoms with Crippen LogP contribution < -0.4 is 0 Å². The molecule has 1 aromatic carbocycles. The molecule has 3 rings (SSSR count). The van der Waals surface area contributed by atoms with E-state index < -0.39 is 15.6 Å². The first-order valence-corrected chi connectivity index (χ1v) is 9.73. The average Bonchev–Trinajstić information content (AvgIpc) is 3.02. The molecule has 2 fully saturated rings. The third-order valence-corrected chi connectivity index (χ3v) is 6.88. The maximum Gasteiger partial charge on any atom is 0.334 e. The summed E-state index contributed by atoms with van der Waals surface area (Å²) in [5.74, 6) is -0.639. The number of esters is 1. The van der Waals surface area contributed by atoms with Crippen LogP contribution in [0, 0.1) is 12.8 Å². The van der Waals surface area contributed by atoms with Crippen LogP contribution in [0.2, 0.25) is 0 Å². The third-order valence-electron chi connectivity index (χ3n) is 5.06. The molecule has 6 heteroatoms. The Balaban J connectivity index is 1.91. The van der Waals surface area contributed by atoms with Crippen molar-refractivity contribution in [1.82, 2.24) is 4.31 Å². The van der Waals surface area contributed by atoms with Gasteiger partial charge in [0.15, 0.2) is 0 Å². The molecule has 0 radical (unpaired) electrons. The van der Waals surface area contributed by atoms with Crippen LogP contribution in [0.3, 0.4) is 0 Å². The van der Waals surface area contributed by atoms with Gasteiger partial charge in [0.1, 0.15) is 5.60 Å². The van der Waals surface area contributed by atoms with Gasteiger partial charge in [-0.2, -0.15) is 4.31 Å². The Labute approximate surface area is 143 Å². The average molecular weight is 349 g/mol. The number of hydrogen-bond acceptors (Lipinski definition) is 4. The van der Waals surface area contributed by atoms with Gasteiger partial charge in [0.05, 0.1) is 11.4 Å². The zero-order valence-corrected chi connectivity index (χ0v) is 14.9. The SMILES string of the molecule is C=C1C(=O)O[C@]2(CCCC)CN(S(=O)(=O)c3ccc(C)cc3)C[C@H]12. The summed E-state index contributed by atoms with van der Waals surface area (Å²) in [5.41, 5.74) is 0.656. The molecule has 0 unspecified atom stereocenters. The number of carbonyl (C=O) groups excluding carboxylic acids is 1. The molecule has 0 spiro atoms. The molecule has 0 N–H and O–H groups in total. The van der Waals surface area contributed by atoms with Crippen molar-refractivity contribution >= 4 is 16.0 Å². The predicted molar refractivity (Wildman–Crippen MR) is 90.9 cm³/mol. The monoisotopic (exact) mass is 349 g/mol. The highest BCUT2D eigenvalue weighted by molar-refractivity contribution is 7.89. The number of nitrogens with zero attached hydrogens (tertiary/aromatic N) is 1. The van der Waals surface area contributed by atoms with E-state index in [1.54, 1.807) is 24.3 Å². The van der Waals surface area contributed by atoms with Crippen molar-refractivity contribution in [2.75, 3.05) is 13.1 Å². The molecule has 0 saturated carbocycles. The molecule has 0 aromatic heterocycles. The van der Waals surface area contributed by atoms with Gasteiger partial charge in [0.25, 0.3) is 0 Å². The highest BCUT2D eigenvalue weighted by atomic mass is 32.2. The summed E-state index contributed by atoms with van der Waals surface area (Å²) in [5, 5.41) is 0. The van der Waals surface area contributed by atoms with Crippen LogP contribution in [0.4, 0.5) is 0 Å². The number of carbonyl (C=O) groups is 1. The van der Waals surface area contributed by atoms with E-state index in [4.69, 9.17) is 4.74 Å². The highest BCUT2D eigenvalue weighted by Crippen LogP contribution is 2.46. The van der Waals surface area contributed by atoms with E-state index in [0.717, 1.165) is 18.4 Å². The molecule has 130 valence electrons. The molecule has 5 nitrogen and oxygen atoms in total. The number of hydrogen-bond donors (Lipinski definition) is 0. The number of rotatable bonds is 5. The van der Waals surface area contributed by atoms with Crippen LogP contribution in [0.1, 0.15) is 31.7 Å². The van der Waals surface area contributed by atoms with Crippen molar-refractivity contribution in [2.24, 2.45) is 5.92 Å². The van der Waals surface area contributed by atoms with E-state index in [0.29, 0.717) is 12.0 Å². The van der Waals surface area contributed by atoms with Gasteiger partial charge in [-0.1, -0.05) is 37.6 Å². The van der Waals surface area contributed by atoms with E-state index in [1.165, 1.54) is 4.31 Å². The number of benzene rings is 1. The van der Waals surface area contributed by atoms with Crippen molar-refractivity contribution < 1.29 is 17.9 Å². The fraction of sp³-hybridized carbons (Fsp3) is 0.500. The summed E-state index contributed by atoms with van der Waals surface area (Å²) in [4.78, 5) is 12.2. The van der Waals surface area contributed by atoms with Gasteiger partial charge < -0.3 is 4.74 Å². The van der Waals surface area contributed by atoms with Crippen molar-refractivity contribution in [1.29, 1.82) is 0 Å². The van der Waals surface area contributed by atoms with Gasteiger partial charge in [0, 0.05) is 18.0 Å². The van der Waals surface area contributed by atoms with Crippen LogP contribution in [0.25, 0.3) is 0 Å². The maximum absolute atomic E-state index is 12.9. The smallest absolute Gasteiger partial charge is 0.334 e. The molecule has 0 bridgehead atoms. The molecule has 2 atom stereocenters. The molecule has 0 amide bonds. The maximum atomic E-state index is 12.9. The molecule has 2 aliphatic heterocycles. The lowest BCUT2D eigenvalue weighted by atomic mass is 9.84. The summed E-state index contributed by atoms with van der Waals surface area (Å²) in [6.07, 6.45) is 2.51. The van der Waals surface area contributed by atoms with Crippen molar-refractivity contribution in [2.45, 2.75) is 43.6 Å². The first-order chi connectivity index (χ1) is 11.3. The molecular weight excluding hydrogens is 326 g/mol. The summed E-state index contributed by atoms with van der Waals surface area (Å²) < 4.78 is 32.9. The Morgan fingerprint density at radius 3 is 2.62 bits per heavy atom. The second-order valence-electron chi connectivity index (χ2n) is 6.75. The van der Waals surface area contributed by atoms with E-state index in [9.17, 15) is 13.2 Å². The van der Waals surface area contributed by atoms with Crippen LogP contribution in [-0.2, 0) is 19.6 Å². The van der Waals surface area contributed by atoms with Gasteiger partial charge in [0.2, 0.25) is 10.0 Å². The molecule has 2 saturated heterocycles. The lowest BCUT2D eigenvalue weighted by Crippen LogP contribution is -2.38. The van der Waals surface area contributed by atoms with Crippen molar-refractivity contribution in [3.63, 3.8) is 0 Å². The lowest BCUT2D eigenvalue weighted by molar-refractivity contribution is -0.147. The lowest BCUT2D eigenvalue weighted by Gasteiger charge is -2.27. The van der Waals surface area contributed by atoms with Gasteiger partial charge in [-0.25, -0.2) is 13.2 Å². The summed E-state index contributed by atoms with van der Waals surface area (Å²) >= 11 is 0. The van der Waals surface area contributed by atoms with E-state index in [-0.39, 0.29) is 29.9 Å². The topological polar surface area (TPSA) is 63.7 Å². The van der Waals surface area contributed by atoms with Crippen LogP contribution >= 0.6 is 0 Å². The van der Waals surface area contributed by atoms with E-state index in [1.807, 2.05) is 6.92 Å². The fourth-order valence-corrected chi connectivity index (χ4v) is 5.10. The fourth-order valence-electron chi connectivity index (χ4n) is 3.59. The number of fused-ring (bicyclic) bond motifs is 1. The second-order valence-corrected chi connectivity index (χ2v) is 8.68. The van der Waals surface area contributed by atoms with Crippen LogP contribution in [0.5, 0.6) is 0 Å². The quantitative estimate of drug-likeness (QED) is 0.606. The highest BCUT2D eigenvalue weighted by Gasteiger charge is 2.58. The van der Waals surface area contributed by atoms with Gasteiger partial charge in [-0.05, 0) is 31.9 Å². The van der Waals surface area contributed by atoms with Crippen LogP contribution in [0.15, 0.2) is 41.3 Å². The minimum Gasteiger partial charge on any atom is -0.454 e. The zero-order valence-electron chi connectivity index (χ0n) is 14.1. The zero-order chi connectivity index (χ0) is 17.5. The summed E-state index contributed by atoms with van der Waals surface area (Å²) in [7, 11) is -3.60. The number of ether oxygens (including phenoxy) is 1. The molecule has 24 heavy (non-hydrogen) atoms. The van der Waals surface area contributed by atoms with E-state index >= 15 is 0 Å². The molecular formula is C18H23NO4S. The Morgan fingerprint density at radius 1 is 1.33 bits per heavy atom. The van der Waals surface area contributed by atoms with Crippen molar-refractivity contribution in [3.05, 3.63) is 42.0 Å². The molecule has 2 aliphatic rings. The Morgan fingerprint density at radius 2 is 2.00 bits per heavy atom. The first-order valence-electron chi connectivity index (χ1n) is 8.29. The standard InChI is InChI=1S/C18H23NO4S/c1-4-5-10-18-12-19(11-16(18)14(3)17(20)23-18)24(21,22)15-8-6-13(2)7-9-15/h6-9,16H,3-5,10-12H2,1-2H3/t16-,18-/m1/s1. The Hall–Kier alpha value is -1.66. The number of unbranched alkanes of at least 4 members (excludes halogenated alkanes) is 1. The molecule has 2 heterocycles. The summed E-state index contributed by atoms with van der Waals surface area (Å²) in [6, 6.07) is 6.82. The van der Waals surface area contributed by atoms with Gasteiger partial charge in [-0.15, -0.1) is 0 Å². The molecule has 1 aromatic rings. The molecule has 0 aliphatic carbocycles. The normalized spacial score (nSPS) is 27.3. The third kappa shape index (κ3) is 2.67. The summed E-state index contributed by atoms with van der Waals surface area (Å²) in [6.45, 7) is 8.28. The Kier molecular flexibility index (Phi) is 4.30. The van der Waals surface area contributed by atoms with Gasteiger partial charge in [-0.3, -0.25) is 0 Å². The van der Waals surface area contributed by atoms with Crippen LogP contribution in [-0.4, -0.2) is 37.4 Å². The predicted octanol–water partition coefficient (Wildman–Crippen LogP) is 2.66. The Bertz CT molecular complexity index is 769. The minimum absolute atomic E-state index is 0.207. The van der Waals surface area contributed by atoms with Crippen molar-refractivity contribution in [3.8, 4) is 0 Å². The second kappa shape index (κ2) is 6.01. The van der Waals surface area contributed by atoms with Gasteiger partial charge >= 0.3 is 5.97 Å². The number of aryl methyl sites for hydroxylation is 1. The largest absolute Gasteiger partial charge is 0.454 e.